The van der Waals surface area contributed by atoms with E-state index in [0.29, 0.717) is 6.61 Å². The molecule has 0 atom stereocenters. The van der Waals surface area contributed by atoms with Gasteiger partial charge < -0.3 is 4.84 Å². The number of oxime groups is 1. The number of hydrogen-bond acceptors (Lipinski definition) is 2. The Labute approximate surface area is 79.2 Å². The number of hydrogen-bond donors (Lipinski definition) is 0. The zero-order chi connectivity index (χ0) is 9.52. The summed E-state index contributed by atoms with van der Waals surface area (Å²) in [6.07, 6.45) is 2.80. The van der Waals surface area contributed by atoms with E-state index in [0.717, 1.165) is 12.0 Å². The topological polar surface area (TPSA) is 21.6 Å². The Bertz CT molecular complexity index is 264. The van der Waals surface area contributed by atoms with Crippen LogP contribution in [0.1, 0.15) is 25.0 Å². The van der Waals surface area contributed by atoms with Gasteiger partial charge in [0.25, 0.3) is 0 Å². The molecule has 0 aliphatic carbocycles. The molecule has 1 aromatic carbocycles. The Hall–Kier alpha value is -1.31. The third kappa shape index (κ3) is 3.28. The van der Waals surface area contributed by atoms with Crippen molar-refractivity contribution in [2.24, 2.45) is 5.16 Å². The molecule has 70 valence electrons. The van der Waals surface area contributed by atoms with E-state index in [4.69, 9.17) is 4.84 Å². The van der Waals surface area contributed by atoms with Gasteiger partial charge in [0.15, 0.2) is 0 Å². The van der Waals surface area contributed by atoms with Crippen molar-refractivity contribution in [2.75, 3.05) is 6.61 Å². The maximum Gasteiger partial charge on any atom is 0.114 e. The summed E-state index contributed by atoms with van der Waals surface area (Å²) in [4.78, 5) is 4.86. The third-order valence-electron chi connectivity index (χ3n) is 1.79. The normalized spacial score (nSPS) is 10.6. The van der Waals surface area contributed by atoms with Gasteiger partial charge in [-0.3, -0.25) is 0 Å². The van der Waals surface area contributed by atoms with Crippen LogP contribution in [0.4, 0.5) is 0 Å². The predicted octanol–water partition coefficient (Wildman–Crippen LogP) is 2.62. The van der Waals surface area contributed by atoms with Crippen molar-refractivity contribution in [2.45, 2.75) is 20.3 Å². The lowest BCUT2D eigenvalue weighted by atomic mass is 10.1. The lowest BCUT2D eigenvalue weighted by molar-refractivity contribution is 0.160. The van der Waals surface area contributed by atoms with E-state index in [-0.39, 0.29) is 0 Å². The van der Waals surface area contributed by atoms with Crippen LogP contribution in [0.15, 0.2) is 29.4 Å². The van der Waals surface area contributed by atoms with E-state index in [1.807, 2.05) is 19.1 Å². The average Bonchev–Trinajstić information content (AvgIpc) is 2.19. The summed E-state index contributed by atoms with van der Waals surface area (Å²) < 4.78 is 0. The number of aryl methyl sites for hydroxylation is 1. The van der Waals surface area contributed by atoms with Gasteiger partial charge in [-0.15, -0.1) is 0 Å². The third-order valence-corrected chi connectivity index (χ3v) is 1.79. The van der Waals surface area contributed by atoms with Crippen molar-refractivity contribution in [1.82, 2.24) is 0 Å². The highest BCUT2D eigenvalue weighted by Gasteiger charge is 1.89. The second-order valence-corrected chi connectivity index (χ2v) is 2.75. The molecular formula is C11H15NO. The number of benzene rings is 1. The molecule has 0 unspecified atom stereocenters. The van der Waals surface area contributed by atoms with Gasteiger partial charge in [0, 0.05) is 0 Å². The Morgan fingerprint density at radius 3 is 2.46 bits per heavy atom. The smallest absolute Gasteiger partial charge is 0.114 e. The molecule has 0 aliphatic heterocycles. The molecule has 2 heteroatoms. The van der Waals surface area contributed by atoms with Crippen LogP contribution in [0.5, 0.6) is 0 Å². The van der Waals surface area contributed by atoms with Crippen molar-refractivity contribution in [1.29, 1.82) is 0 Å². The molecule has 0 saturated heterocycles. The Balaban J connectivity index is 2.58. The highest BCUT2D eigenvalue weighted by molar-refractivity contribution is 5.79. The molecular weight excluding hydrogens is 162 g/mol. The van der Waals surface area contributed by atoms with Crippen LogP contribution in [-0.2, 0) is 11.3 Å². The van der Waals surface area contributed by atoms with E-state index in [1.54, 1.807) is 6.21 Å². The first kappa shape index (κ1) is 9.78. The van der Waals surface area contributed by atoms with Gasteiger partial charge in [0.05, 0.1) is 6.21 Å². The largest absolute Gasteiger partial charge is 0.396 e. The molecule has 1 rings (SSSR count). The molecule has 2 nitrogen and oxygen atoms in total. The van der Waals surface area contributed by atoms with Gasteiger partial charge in [0.1, 0.15) is 6.61 Å². The SMILES string of the molecule is CCO/N=C/c1ccc(CC)cc1. The molecule has 0 heterocycles. The van der Waals surface area contributed by atoms with Gasteiger partial charge in [-0.25, -0.2) is 0 Å². The Kier molecular flexibility index (Phi) is 4.03. The van der Waals surface area contributed by atoms with E-state index in [9.17, 15) is 0 Å². The summed E-state index contributed by atoms with van der Waals surface area (Å²) in [5.41, 5.74) is 2.42. The lowest BCUT2D eigenvalue weighted by Gasteiger charge is -1.96. The van der Waals surface area contributed by atoms with Crippen LogP contribution in [0.2, 0.25) is 0 Å². The van der Waals surface area contributed by atoms with Gasteiger partial charge in [-0.1, -0.05) is 36.3 Å². The van der Waals surface area contributed by atoms with Gasteiger partial charge in [-0.2, -0.15) is 0 Å². The number of rotatable bonds is 4. The molecule has 0 aromatic heterocycles. The van der Waals surface area contributed by atoms with Gasteiger partial charge in [-0.05, 0) is 24.5 Å². The van der Waals surface area contributed by atoms with Crippen molar-refractivity contribution in [3.05, 3.63) is 35.4 Å². The van der Waals surface area contributed by atoms with Gasteiger partial charge in [0.2, 0.25) is 0 Å². The van der Waals surface area contributed by atoms with E-state index < -0.39 is 0 Å². The molecule has 1 aromatic rings. The molecule has 0 amide bonds. The lowest BCUT2D eigenvalue weighted by Crippen LogP contribution is -1.85. The first-order chi connectivity index (χ1) is 6.36. The summed E-state index contributed by atoms with van der Waals surface area (Å²) >= 11 is 0. The van der Waals surface area contributed by atoms with Crippen LogP contribution >= 0.6 is 0 Å². The molecule has 13 heavy (non-hydrogen) atoms. The Morgan fingerprint density at radius 2 is 1.92 bits per heavy atom. The maximum absolute atomic E-state index is 4.86. The minimum Gasteiger partial charge on any atom is -0.396 e. The second-order valence-electron chi connectivity index (χ2n) is 2.75. The predicted molar refractivity (Wildman–Crippen MR) is 55.0 cm³/mol. The van der Waals surface area contributed by atoms with Crippen LogP contribution in [-0.4, -0.2) is 12.8 Å². The highest BCUT2D eigenvalue weighted by Crippen LogP contribution is 2.02. The summed E-state index contributed by atoms with van der Waals surface area (Å²) in [6, 6.07) is 8.29. The number of nitrogens with zero attached hydrogens (tertiary/aromatic N) is 1. The molecule has 0 N–H and O–H groups in total. The zero-order valence-electron chi connectivity index (χ0n) is 8.16. The second kappa shape index (κ2) is 5.36. The van der Waals surface area contributed by atoms with Crippen molar-refractivity contribution in [3.63, 3.8) is 0 Å². The van der Waals surface area contributed by atoms with E-state index in [1.165, 1.54) is 5.56 Å². The van der Waals surface area contributed by atoms with E-state index >= 15 is 0 Å². The van der Waals surface area contributed by atoms with Gasteiger partial charge >= 0.3 is 0 Å². The first-order valence-electron chi connectivity index (χ1n) is 4.61. The Morgan fingerprint density at radius 1 is 1.23 bits per heavy atom. The summed E-state index contributed by atoms with van der Waals surface area (Å²) in [5, 5.41) is 3.79. The zero-order valence-corrected chi connectivity index (χ0v) is 8.16. The molecule has 0 saturated carbocycles. The summed E-state index contributed by atoms with van der Waals surface area (Å²) in [5.74, 6) is 0. The molecule has 0 radical (unpaired) electrons. The van der Waals surface area contributed by atoms with Crippen molar-refractivity contribution in [3.8, 4) is 0 Å². The summed E-state index contributed by atoms with van der Waals surface area (Å²) in [6.45, 7) is 4.67. The molecule has 0 aliphatic rings. The maximum atomic E-state index is 4.86. The van der Waals surface area contributed by atoms with E-state index in [2.05, 4.69) is 24.2 Å². The average molecular weight is 177 g/mol. The minimum atomic E-state index is 0.615. The molecule has 0 fully saturated rings. The fraction of sp³-hybridized carbons (Fsp3) is 0.364. The van der Waals surface area contributed by atoms with Crippen LogP contribution < -0.4 is 0 Å². The quantitative estimate of drug-likeness (QED) is 0.511. The molecule has 0 spiro atoms. The standard InChI is InChI=1S/C11H15NO/c1-3-10-5-7-11(8-6-10)9-12-13-4-2/h5-9H,3-4H2,1-2H3/b12-9+. The first-order valence-corrected chi connectivity index (χ1v) is 4.61. The monoisotopic (exact) mass is 177 g/mol. The molecule has 0 bridgehead atoms. The van der Waals surface area contributed by atoms with Crippen molar-refractivity contribution >= 4 is 6.21 Å². The minimum absolute atomic E-state index is 0.615. The van der Waals surface area contributed by atoms with Crippen LogP contribution in [0.3, 0.4) is 0 Å². The van der Waals surface area contributed by atoms with Crippen LogP contribution in [0.25, 0.3) is 0 Å². The van der Waals surface area contributed by atoms with Crippen molar-refractivity contribution < 1.29 is 4.84 Å². The summed E-state index contributed by atoms with van der Waals surface area (Å²) in [7, 11) is 0. The highest BCUT2D eigenvalue weighted by atomic mass is 16.6. The fourth-order valence-corrected chi connectivity index (χ4v) is 1.01. The fourth-order valence-electron chi connectivity index (χ4n) is 1.01. The van der Waals surface area contributed by atoms with Crippen LogP contribution in [0, 0.1) is 0 Å².